The first-order chi connectivity index (χ1) is 12.4. The zero-order valence-electron chi connectivity index (χ0n) is 14.0. The Morgan fingerprint density at radius 3 is 2.50 bits per heavy atom. The normalized spacial score (nSPS) is 19.4. The van der Waals surface area contributed by atoms with Gasteiger partial charge in [0.1, 0.15) is 0 Å². The van der Waals surface area contributed by atoms with Gasteiger partial charge in [-0.05, 0) is 29.8 Å². The molecule has 7 heteroatoms. The first-order valence-corrected chi connectivity index (χ1v) is 8.40. The molecule has 0 bridgehead atoms. The number of rotatable bonds is 4. The van der Waals surface area contributed by atoms with E-state index >= 15 is 0 Å². The van der Waals surface area contributed by atoms with Gasteiger partial charge < -0.3 is 14.7 Å². The Labute approximate surface area is 154 Å². The maximum absolute atomic E-state index is 14.4. The molecule has 26 heavy (non-hydrogen) atoms. The molecule has 2 aromatic carbocycles. The number of hydrogen-bond donors (Lipinski definition) is 1. The smallest absolute Gasteiger partial charge is 0.308 e. The topological polar surface area (TPSA) is 66.8 Å². The highest BCUT2D eigenvalue weighted by molar-refractivity contribution is 6.30. The van der Waals surface area contributed by atoms with E-state index in [-0.39, 0.29) is 30.3 Å². The second-order valence-electron chi connectivity index (χ2n) is 6.13. The molecule has 2 atom stereocenters. The number of carbonyl (C=O) groups excluding carboxylic acids is 1. The highest BCUT2D eigenvalue weighted by Crippen LogP contribution is 2.35. The largest absolute Gasteiger partial charge is 0.494 e. The molecule has 1 saturated heterocycles. The average Bonchev–Trinajstić information content (AvgIpc) is 3.07. The molecule has 0 aromatic heterocycles. The standard InChI is InChI=1S/C19H17ClFNO4/c1-26-16-4-2-3-13(17(16)21)18(23)22-9-14(15(10-22)19(24)25)11-5-7-12(20)8-6-11/h2-8,14-15H,9-10H2,1H3,(H,24,25)/t14-,15+/m0/s1. The summed E-state index contributed by atoms with van der Waals surface area (Å²) in [7, 11) is 1.32. The Balaban J connectivity index is 1.89. The van der Waals surface area contributed by atoms with Gasteiger partial charge >= 0.3 is 5.97 Å². The van der Waals surface area contributed by atoms with E-state index in [0.717, 1.165) is 5.56 Å². The molecule has 1 fully saturated rings. The van der Waals surface area contributed by atoms with Crippen LogP contribution < -0.4 is 4.74 Å². The van der Waals surface area contributed by atoms with Gasteiger partial charge in [0.25, 0.3) is 5.91 Å². The van der Waals surface area contributed by atoms with Crippen molar-refractivity contribution in [2.75, 3.05) is 20.2 Å². The van der Waals surface area contributed by atoms with Gasteiger partial charge in [0.05, 0.1) is 18.6 Å². The SMILES string of the molecule is COc1cccc(C(=O)N2C[C@@H](C(=O)O)[C@H](c3ccc(Cl)cc3)C2)c1F. The van der Waals surface area contributed by atoms with Gasteiger partial charge in [-0.25, -0.2) is 4.39 Å². The number of amides is 1. The van der Waals surface area contributed by atoms with Crippen LogP contribution in [0.1, 0.15) is 21.8 Å². The predicted octanol–water partition coefficient (Wildman–Crippen LogP) is 3.43. The lowest BCUT2D eigenvalue weighted by atomic mass is 9.89. The van der Waals surface area contributed by atoms with Crippen LogP contribution in [0.3, 0.4) is 0 Å². The number of methoxy groups -OCH3 is 1. The molecule has 0 spiro atoms. The van der Waals surface area contributed by atoms with Crippen molar-refractivity contribution in [1.29, 1.82) is 0 Å². The molecule has 3 rings (SSSR count). The molecular weight excluding hydrogens is 361 g/mol. The first-order valence-electron chi connectivity index (χ1n) is 8.02. The summed E-state index contributed by atoms with van der Waals surface area (Å²) >= 11 is 5.89. The van der Waals surface area contributed by atoms with Crippen LogP contribution in [-0.2, 0) is 4.79 Å². The van der Waals surface area contributed by atoms with E-state index in [1.54, 1.807) is 24.3 Å². The monoisotopic (exact) mass is 377 g/mol. The Morgan fingerprint density at radius 2 is 1.88 bits per heavy atom. The fourth-order valence-electron chi connectivity index (χ4n) is 3.27. The highest BCUT2D eigenvalue weighted by atomic mass is 35.5. The summed E-state index contributed by atoms with van der Waals surface area (Å²) < 4.78 is 19.3. The van der Waals surface area contributed by atoms with Crippen LogP contribution in [0.15, 0.2) is 42.5 Å². The maximum Gasteiger partial charge on any atom is 0.308 e. The molecule has 1 N–H and O–H groups in total. The Bertz CT molecular complexity index is 840. The molecular formula is C19H17ClFNO4. The molecule has 0 saturated carbocycles. The minimum atomic E-state index is -0.994. The number of carboxylic acid groups (broad SMARTS) is 1. The number of hydrogen-bond acceptors (Lipinski definition) is 3. The molecule has 136 valence electrons. The van der Waals surface area contributed by atoms with E-state index in [0.29, 0.717) is 5.02 Å². The van der Waals surface area contributed by atoms with Gasteiger partial charge in [0.2, 0.25) is 0 Å². The molecule has 1 aliphatic heterocycles. The zero-order valence-corrected chi connectivity index (χ0v) is 14.7. The number of ether oxygens (including phenoxy) is 1. The lowest BCUT2D eigenvalue weighted by Crippen LogP contribution is -2.30. The summed E-state index contributed by atoms with van der Waals surface area (Å²) in [6.07, 6.45) is 0. The molecule has 1 aliphatic rings. The van der Waals surface area contributed by atoms with E-state index in [9.17, 15) is 19.1 Å². The van der Waals surface area contributed by atoms with Crippen molar-refractivity contribution in [2.24, 2.45) is 5.92 Å². The van der Waals surface area contributed by atoms with Gasteiger partial charge in [-0.3, -0.25) is 9.59 Å². The van der Waals surface area contributed by atoms with Crippen LogP contribution >= 0.6 is 11.6 Å². The number of halogens is 2. The van der Waals surface area contributed by atoms with Crippen molar-refractivity contribution in [3.8, 4) is 5.75 Å². The fourth-order valence-corrected chi connectivity index (χ4v) is 3.40. The maximum atomic E-state index is 14.4. The third kappa shape index (κ3) is 3.37. The third-order valence-electron chi connectivity index (χ3n) is 4.64. The number of likely N-dealkylation sites (tertiary alicyclic amines) is 1. The number of carboxylic acids is 1. The molecule has 1 heterocycles. The minimum absolute atomic E-state index is 0.0120. The van der Waals surface area contributed by atoms with Crippen molar-refractivity contribution in [2.45, 2.75) is 5.92 Å². The lowest BCUT2D eigenvalue weighted by Gasteiger charge is -2.17. The third-order valence-corrected chi connectivity index (χ3v) is 4.89. The van der Waals surface area contributed by atoms with Crippen molar-refractivity contribution in [3.05, 3.63) is 64.4 Å². The van der Waals surface area contributed by atoms with Gasteiger partial charge in [0.15, 0.2) is 11.6 Å². The van der Waals surface area contributed by atoms with Crippen molar-refractivity contribution in [1.82, 2.24) is 4.90 Å². The van der Waals surface area contributed by atoms with Crippen LogP contribution in [0.2, 0.25) is 5.02 Å². The van der Waals surface area contributed by atoms with E-state index in [4.69, 9.17) is 16.3 Å². The molecule has 0 unspecified atom stereocenters. The van der Waals surface area contributed by atoms with E-state index < -0.39 is 23.6 Å². The summed E-state index contributed by atoms with van der Waals surface area (Å²) in [4.78, 5) is 25.8. The van der Waals surface area contributed by atoms with Crippen LogP contribution in [0, 0.1) is 11.7 Å². The first kappa shape index (κ1) is 18.2. The molecule has 1 amide bonds. The van der Waals surface area contributed by atoms with Crippen molar-refractivity contribution >= 4 is 23.5 Å². The van der Waals surface area contributed by atoms with Crippen LogP contribution in [0.25, 0.3) is 0 Å². The highest BCUT2D eigenvalue weighted by Gasteiger charge is 2.41. The number of nitrogens with zero attached hydrogens (tertiary/aromatic N) is 1. The summed E-state index contributed by atoms with van der Waals surface area (Å²) in [5.41, 5.74) is 0.647. The Morgan fingerprint density at radius 1 is 1.19 bits per heavy atom. The van der Waals surface area contributed by atoms with Gasteiger partial charge in [-0.2, -0.15) is 0 Å². The lowest BCUT2D eigenvalue weighted by molar-refractivity contribution is -0.141. The summed E-state index contributed by atoms with van der Waals surface area (Å²) in [5.74, 6) is -3.48. The summed E-state index contributed by atoms with van der Waals surface area (Å²) in [5, 5.41) is 10.1. The molecule has 0 aliphatic carbocycles. The second-order valence-corrected chi connectivity index (χ2v) is 6.57. The average molecular weight is 378 g/mol. The van der Waals surface area contributed by atoms with Crippen molar-refractivity contribution in [3.63, 3.8) is 0 Å². The van der Waals surface area contributed by atoms with Crippen LogP contribution in [0.5, 0.6) is 5.75 Å². The van der Waals surface area contributed by atoms with Gasteiger partial charge in [0, 0.05) is 24.0 Å². The van der Waals surface area contributed by atoms with E-state index in [1.165, 1.54) is 30.2 Å². The quantitative estimate of drug-likeness (QED) is 0.886. The van der Waals surface area contributed by atoms with Crippen molar-refractivity contribution < 1.29 is 23.8 Å². The van der Waals surface area contributed by atoms with Gasteiger partial charge in [-0.15, -0.1) is 0 Å². The van der Waals surface area contributed by atoms with Crippen LogP contribution in [-0.4, -0.2) is 42.1 Å². The summed E-state index contributed by atoms with van der Waals surface area (Å²) in [6.45, 7) is 0.201. The molecule has 2 aromatic rings. The second kappa shape index (κ2) is 7.33. The number of benzene rings is 2. The Kier molecular flexibility index (Phi) is 5.13. The molecule has 0 radical (unpaired) electrons. The Hall–Kier alpha value is -2.60. The van der Waals surface area contributed by atoms with E-state index in [2.05, 4.69) is 0 Å². The number of aliphatic carboxylic acids is 1. The molecule has 5 nitrogen and oxygen atoms in total. The number of carbonyl (C=O) groups is 2. The van der Waals surface area contributed by atoms with Crippen LogP contribution in [0.4, 0.5) is 4.39 Å². The van der Waals surface area contributed by atoms with Gasteiger partial charge in [-0.1, -0.05) is 29.8 Å². The summed E-state index contributed by atoms with van der Waals surface area (Å²) in [6, 6.07) is 11.2. The minimum Gasteiger partial charge on any atom is -0.494 e. The predicted molar refractivity (Wildman–Crippen MR) is 94.2 cm³/mol. The zero-order chi connectivity index (χ0) is 18.8. The fraction of sp³-hybridized carbons (Fsp3) is 0.263. The van der Waals surface area contributed by atoms with E-state index in [1.807, 2.05) is 0 Å².